The molecular weight excluding hydrogens is 202 g/mol. The van der Waals surface area contributed by atoms with E-state index in [-0.39, 0.29) is 6.10 Å². The Morgan fingerprint density at radius 2 is 2.31 bits per heavy atom. The lowest BCUT2D eigenvalue weighted by molar-refractivity contribution is 0.0510. The first-order valence-corrected chi connectivity index (χ1v) is 5.63. The van der Waals surface area contributed by atoms with E-state index in [2.05, 4.69) is 16.9 Å². The number of aromatic amines is 1. The zero-order valence-corrected chi connectivity index (χ0v) is 9.23. The molecule has 2 atom stereocenters. The number of anilines is 1. The fourth-order valence-corrected chi connectivity index (χ4v) is 2.23. The molecule has 0 amide bonds. The van der Waals surface area contributed by atoms with Crippen LogP contribution in [0.15, 0.2) is 18.2 Å². The summed E-state index contributed by atoms with van der Waals surface area (Å²) in [6.45, 7) is 2.09. The summed E-state index contributed by atoms with van der Waals surface area (Å²) in [7, 11) is 0. The summed E-state index contributed by atoms with van der Waals surface area (Å²) < 4.78 is 5.78. The highest BCUT2D eigenvalue weighted by atomic mass is 16.5. The van der Waals surface area contributed by atoms with Crippen molar-refractivity contribution in [2.24, 2.45) is 0 Å². The number of fused-ring (bicyclic) bond motifs is 1. The van der Waals surface area contributed by atoms with Crippen molar-refractivity contribution in [1.29, 1.82) is 0 Å². The number of aromatic nitrogens is 2. The first-order valence-electron chi connectivity index (χ1n) is 5.63. The Bertz CT molecular complexity index is 520. The van der Waals surface area contributed by atoms with Gasteiger partial charge in [0.2, 0.25) is 0 Å². The van der Waals surface area contributed by atoms with Crippen LogP contribution in [0.25, 0.3) is 11.0 Å². The van der Waals surface area contributed by atoms with Gasteiger partial charge in [0, 0.05) is 0 Å². The second-order valence-electron chi connectivity index (χ2n) is 4.38. The van der Waals surface area contributed by atoms with Gasteiger partial charge in [-0.3, -0.25) is 0 Å². The molecule has 1 aromatic heterocycles. The lowest BCUT2D eigenvalue weighted by Gasteiger charge is -2.06. The quantitative estimate of drug-likeness (QED) is 0.721. The Kier molecular flexibility index (Phi) is 2.11. The van der Waals surface area contributed by atoms with E-state index in [0.29, 0.717) is 11.8 Å². The number of H-pyrrole nitrogens is 1. The van der Waals surface area contributed by atoms with Gasteiger partial charge in [0.1, 0.15) is 17.4 Å². The molecule has 2 unspecified atom stereocenters. The molecule has 3 N–H and O–H groups in total. The summed E-state index contributed by atoms with van der Waals surface area (Å²) in [4.78, 5) is 7.81. The highest BCUT2D eigenvalue weighted by molar-refractivity contribution is 5.86. The molecule has 84 valence electrons. The van der Waals surface area contributed by atoms with Crippen molar-refractivity contribution < 1.29 is 4.74 Å². The average molecular weight is 217 g/mol. The van der Waals surface area contributed by atoms with E-state index >= 15 is 0 Å². The van der Waals surface area contributed by atoms with Gasteiger partial charge < -0.3 is 15.5 Å². The van der Waals surface area contributed by atoms with Crippen LogP contribution in [-0.2, 0) is 4.74 Å². The van der Waals surface area contributed by atoms with Crippen LogP contribution >= 0.6 is 0 Å². The monoisotopic (exact) mass is 217 g/mol. The third kappa shape index (κ3) is 1.46. The Morgan fingerprint density at radius 1 is 1.44 bits per heavy atom. The van der Waals surface area contributed by atoms with E-state index in [1.807, 2.05) is 18.2 Å². The number of para-hydroxylation sites is 1. The van der Waals surface area contributed by atoms with Crippen LogP contribution in [0.3, 0.4) is 0 Å². The first kappa shape index (κ1) is 9.66. The third-order valence-electron chi connectivity index (χ3n) is 3.10. The second kappa shape index (κ2) is 3.49. The maximum absolute atomic E-state index is 5.87. The first-order chi connectivity index (χ1) is 7.74. The topological polar surface area (TPSA) is 63.9 Å². The van der Waals surface area contributed by atoms with Crippen LogP contribution in [-0.4, -0.2) is 16.1 Å². The number of hydrogen-bond donors (Lipinski definition) is 2. The van der Waals surface area contributed by atoms with Crippen molar-refractivity contribution in [1.82, 2.24) is 9.97 Å². The molecule has 4 nitrogen and oxygen atoms in total. The lowest BCUT2D eigenvalue weighted by atomic mass is 10.2. The van der Waals surface area contributed by atoms with E-state index in [1.165, 1.54) is 0 Å². The molecular formula is C12H15N3O. The minimum absolute atomic E-state index is 0.0989. The molecule has 1 fully saturated rings. The fourth-order valence-electron chi connectivity index (χ4n) is 2.23. The van der Waals surface area contributed by atoms with Crippen LogP contribution in [0.2, 0.25) is 0 Å². The normalized spacial score (nSPS) is 25.3. The van der Waals surface area contributed by atoms with Gasteiger partial charge in [0.05, 0.1) is 17.3 Å². The smallest absolute Gasteiger partial charge is 0.136 e. The maximum atomic E-state index is 5.87. The van der Waals surface area contributed by atoms with Crippen LogP contribution in [0.4, 0.5) is 5.69 Å². The largest absolute Gasteiger partial charge is 0.397 e. The third-order valence-corrected chi connectivity index (χ3v) is 3.10. The summed E-state index contributed by atoms with van der Waals surface area (Å²) >= 11 is 0. The molecule has 0 bridgehead atoms. The predicted molar refractivity (Wildman–Crippen MR) is 63.0 cm³/mol. The number of nitrogens with zero attached hydrogens (tertiary/aromatic N) is 1. The SMILES string of the molecule is CC1CCC(c2nc3c(N)cccc3[nH]2)O1. The van der Waals surface area contributed by atoms with Crippen molar-refractivity contribution in [3.63, 3.8) is 0 Å². The molecule has 2 aromatic rings. The van der Waals surface area contributed by atoms with Crippen LogP contribution in [0.5, 0.6) is 0 Å². The Labute approximate surface area is 93.8 Å². The average Bonchev–Trinajstić information content (AvgIpc) is 2.84. The van der Waals surface area contributed by atoms with Gasteiger partial charge >= 0.3 is 0 Å². The van der Waals surface area contributed by atoms with Crippen LogP contribution in [0.1, 0.15) is 31.7 Å². The highest BCUT2D eigenvalue weighted by Gasteiger charge is 2.26. The number of nitrogens with one attached hydrogen (secondary N) is 1. The Balaban J connectivity index is 2.02. The zero-order chi connectivity index (χ0) is 11.1. The molecule has 1 aliphatic rings. The summed E-state index contributed by atoms with van der Waals surface area (Å²) in [5.41, 5.74) is 8.42. The summed E-state index contributed by atoms with van der Waals surface area (Å²) in [5.74, 6) is 0.900. The van der Waals surface area contributed by atoms with Gasteiger partial charge in [-0.05, 0) is 31.9 Å². The molecule has 3 rings (SSSR count). The Hall–Kier alpha value is -1.55. The number of hydrogen-bond acceptors (Lipinski definition) is 3. The number of nitrogens with two attached hydrogens (primary N) is 1. The van der Waals surface area contributed by atoms with E-state index in [0.717, 1.165) is 29.7 Å². The summed E-state index contributed by atoms with van der Waals surface area (Å²) in [6, 6.07) is 5.78. The van der Waals surface area contributed by atoms with Gasteiger partial charge in [0.25, 0.3) is 0 Å². The number of rotatable bonds is 1. The molecule has 16 heavy (non-hydrogen) atoms. The van der Waals surface area contributed by atoms with Crippen LogP contribution < -0.4 is 5.73 Å². The molecule has 0 radical (unpaired) electrons. The molecule has 1 aliphatic heterocycles. The molecule has 4 heteroatoms. The zero-order valence-electron chi connectivity index (χ0n) is 9.23. The minimum atomic E-state index is 0.0989. The number of imidazole rings is 1. The van der Waals surface area contributed by atoms with Crippen LogP contribution in [0, 0.1) is 0 Å². The fraction of sp³-hybridized carbons (Fsp3) is 0.417. The van der Waals surface area contributed by atoms with Crippen molar-refractivity contribution in [3.05, 3.63) is 24.0 Å². The molecule has 1 aromatic carbocycles. The van der Waals surface area contributed by atoms with Gasteiger partial charge in [0.15, 0.2) is 0 Å². The maximum Gasteiger partial charge on any atom is 0.136 e. The standard InChI is InChI=1S/C12H15N3O/c1-7-5-6-10(16-7)12-14-9-4-2-3-8(13)11(9)15-12/h2-4,7,10H,5-6,13H2,1H3,(H,14,15). The number of ether oxygens (including phenoxy) is 1. The number of benzene rings is 1. The number of nitrogen functional groups attached to an aromatic ring is 1. The molecule has 0 aliphatic carbocycles. The van der Waals surface area contributed by atoms with E-state index < -0.39 is 0 Å². The second-order valence-corrected chi connectivity index (χ2v) is 4.38. The van der Waals surface area contributed by atoms with E-state index in [1.54, 1.807) is 0 Å². The van der Waals surface area contributed by atoms with Crippen molar-refractivity contribution in [3.8, 4) is 0 Å². The predicted octanol–water partition coefficient (Wildman–Crippen LogP) is 2.39. The highest BCUT2D eigenvalue weighted by Crippen LogP contribution is 2.32. The van der Waals surface area contributed by atoms with Crippen molar-refractivity contribution in [2.45, 2.75) is 32.0 Å². The molecule has 1 saturated heterocycles. The molecule has 0 saturated carbocycles. The Morgan fingerprint density at radius 3 is 3.00 bits per heavy atom. The van der Waals surface area contributed by atoms with Gasteiger partial charge in [-0.1, -0.05) is 6.07 Å². The minimum Gasteiger partial charge on any atom is -0.397 e. The van der Waals surface area contributed by atoms with E-state index in [9.17, 15) is 0 Å². The van der Waals surface area contributed by atoms with Gasteiger partial charge in [-0.2, -0.15) is 0 Å². The molecule has 2 heterocycles. The van der Waals surface area contributed by atoms with Gasteiger partial charge in [-0.25, -0.2) is 4.98 Å². The van der Waals surface area contributed by atoms with E-state index in [4.69, 9.17) is 10.5 Å². The van der Waals surface area contributed by atoms with Crippen molar-refractivity contribution >= 4 is 16.7 Å². The summed E-state index contributed by atoms with van der Waals surface area (Å²) in [5, 5.41) is 0. The van der Waals surface area contributed by atoms with Crippen molar-refractivity contribution in [2.75, 3.05) is 5.73 Å². The summed E-state index contributed by atoms with van der Waals surface area (Å²) in [6.07, 6.45) is 2.55. The molecule has 0 spiro atoms. The lowest BCUT2D eigenvalue weighted by Crippen LogP contribution is -2.02. The van der Waals surface area contributed by atoms with Gasteiger partial charge in [-0.15, -0.1) is 0 Å².